The second-order valence-electron chi connectivity index (χ2n) is 7.66. The Kier molecular flexibility index (Phi) is 7.32. The van der Waals surface area contributed by atoms with E-state index in [0.29, 0.717) is 30.1 Å². The fourth-order valence-electron chi connectivity index (χ4n) is 3.80. The molecule has 1 amide bonds. The summed E-state index contributed by atoms with van der Waals surface area (Å²) in [6.07, 6.45) is 0.299. The van der Waals surface area contributed by atoms with Crippen LogP contribution in [0.2, 0.25) is 0 Å². The lowest BCUT2D eigenvalue weighted by molar-refractivity contribution is -0.121. The summed E-state index contributed by atoms with van der Waals surface area (Å²) in [4.78, 5) is 12.7. The molecule has 33 heavy (non-hydrogen) atoms. The zero-order chi connectivity index (χ0) is 23.0. The van der Waals surface area contributed by atoms with Crippen LogP contribution < -0.4 is 10.1 Å². The topological polar surface area (TPSA) is 71.9 Å². The number of H-pyrrole nitrogens is 1. The molecule has 0 bridgehead atoms. The summed E-state index contributed by atoms with van der Waals surface area (Å²) in [6, 6.07) is 28.0. The molecular formula is C26H26N4O2S. The number of carbonyl (C=O) groups is 1. The third-order valence-corrected chi connectivity index (χ3v) is 5.89. The summed E-state index contributed by atoms with van der Waals surface area (Å²) in [5.74, 6) is 1.52. The van der Waals surface area contributed by atoms with Gasteiger partial charge >= 0.3 is 0 Å². The van der Waals surface area contributed by atoms with E-state index in [1.54, 1.807) is 7.11 Å². The second kappa shape index (κ2) is 10.7. The van der Waals surface area contributed by atoms with Gasteiger partial charge in [-0.2, -0.15) is 5.10 Å². The number of methoxy groups -OCH3 is 1. The average molecular weight is 459 g/mol. The van der Waals surface area contributed by atoms with E-state index in [2.05, 4.69) is 39.8 Å². The first-order valence-corrected chi connectivity index (χ1v) is 11.2. The Morgan fingerprint density at radius 2 is 1.61 bits per heavy atom. The predicted molar refractivity (Wildman–Crippen MR) is 132 cm³/mol. The number of carbonyl (C=O) groups excluding carboxylic acids is 1. The number of benzene rings is 3. The number of nitrogens with one attached hydrogen (secondary N) is 2. The van der Waals surface area contributed by atoms with Gasteiger partial charge in [0.25, 0.3) is 0 Å². The van der Waals surface area contributed by atoms with E-state index in [4.69, 9.17) is 17.0 Å². The largest absolute Gasteiger partial charge is 0.497 e. The van der Waals surface area contributed by atoms with E-state index in [1.165, 1.54) is 11.1 Å². The lowest BCUT2D eigenvalue weighted by Crippen LogP contribution is -2.29. The molecule has 1 heterocycles. The number of hydrogen-bond acceptors (Lipinski definition) is 4. The molecule has 0 aliphatic rings. The van der Waals surface area contributed by atoms with E-state index >= 15 is 0 Å². The number of aromatic amines is 1. The molecule has 0 fully saturated rings. The Labute approximate surface area is 198 Å². The van der Waals surface area contributed by atoms with Crippen LogP contribution >= 0.6 is 12.2 Å². The quantitative estimate of drug-likeness (QED) is 0.348. The first-order chi connectivity index (χ1) is 16.2. The van der Waals surface area contributed by atoms with Gasteiger partial charge in [0.15, 0.2) is 10.6 Å². The molecule has 6 nitrogen and oxygen atoms in total. The monoisotopic (exact) mass is 458 g/mol. The van der Waals surface area contributed by atoms with E-state index in [-0.39, 0.29) is 11.8 Å². The van der Waals surface area contributed by atoms with Gasteiger partial charge in [0.05, 0.1) is 7.11 Å². The minimum Gasteiger partial charge on any atom is -0.497 e. The van der Waals surface area contributed by atoms with Gasteiger partial charge in [-0.25, -0.2) is 0 Å². The van der Waals surface area contributed by atoms with E-state index in [9.17, 15) is 4.79 Å². The summed E-state index contributed by atoms with van der Waals surface area (Å²) >= 11 is 5.40. The van der Waals surface area contributed by atoms with Gasteiger partial charge in [-0.05, 0) is 47.6 Å². The number of aromatic nitrogens is 3. The molecule has 4 rings (SSSR count). The van der Waals surface area contributed by atoms with Gasteiger partial charge in [-0.3, -0.25) is 14.5 Å². The third-order valence-electron chi connectivity index (χ3n) is 5.58. The van der Waals surface area contributed by atoms with Gasteiger partial charge in [-0.15, -0.1) is 0 Å². The van der Waals surface area contributed by atoms with Crippen molar-refractivity contribution in [2.45, 2.75) is 18.9 Å². The van der Waals surface area contributed by atoms with Crippen molar-refractivity contribution in [1.82, 2.24) is 20.1 Å². The van der Waals surface area contributed by atoms with Crippen molar-refractivity contribution in [2.75, 3.05) is 13.7 Å². The summed E-state index contributed by atoms with van der Waals surface area (Å²) in [6.45, 7) is 0.957. The van der Waals surface area contributed by atoms with Crippen LogP contribution in [0.25, 0.3) is 11.4 Å². The maximum absolute atomic E-state index is 12.7. The molecule has 3 aromatic carbocycles. The van der Waals surface area contributed by atoms with Crippen molar-refractivity contribution in [1.29, 1.82) is 0 Å². The molecule has 0 unspecified atom stereocenters. The Balaban J connectivity index is 1.42. The second-order valence-corrected chi connectivity index (χ2v) is 8.05. The first kappa shape index (κ1) is 22.5. The van der Waals surface area contributed by atoms with Crippen LogP contribution in [0.3, 0.4) is 0 Å². The van der Waals surface area contributed by atoms with Crippen LogP contribution in [-0.4, -0.2) is 34.3 Å². The maximum Gasteiger partial charge on any atom is 0.221 e. The van der Waals surface area contributed by atoms with E-state index in [1.807, 2.05) is 65.2 Å². The highest BCUT2D eigenvalue weighted by Crippen LogP contribution is 2.24. The van der Waals surface area contributed by atoms with E-state index < -0.39 is 0 Å². The number of amides is 1. The molecule has 0 radical (unpaired) electrons. The standard InChI is InChI=1S/C26H26N4O2S/c1-32-22-14-12-21(13-15-22)25-28-29-26(33)30(25)17-16-24(31)27-18-23(19-8-4-2-5-9-19)20-10-6-3-7-11-20/h2-15,23H,16-18H2,1H3,(H,27,31)(H,29,33). The van der Waals surface area contributed by atoms with Crippen molar-refractivity contribution < 1.29 is 9.53 Å². The molecule has 1 aromatic heterocycles. The number of rotatable bonds is 9. The molecule has 0 atom stereocenters. The molecule has 168 valence electrons. The first-order valence-electron chi connectivity index (χ1n) is 10.8. The molecule has 2 N–H and O–H groups in total. The van der Waals surface area contributed by atoms with Crippen LogP contribution in [0, 0.1) is 4.77 Å². The third kappa shape index (κ3) is 5.56. The van der Waals surface area contributed by atoms with Crippen molar-refractivity contribution in [3.8, 4) is 17.1 Å². The number of hydrogen-bond donors (Lipinski definition) is 2. The summed E-state index contributed by atoms with van der Waals surface area (Å²) in [5.41, 5.74) is 3.24. The number of nitrogens with zero attached hydrogens (tertiary/aromatic N) is 2. The zero-order valence-corrected chi connectivity index (χ0v) is 19.2. The molecular weight excluding hydrogens is 432 g/mol. The van der Waals surface area contributed by atoms with Gasteiger partial charge < -0.3 is 10.1 Å². The minimum atomic E-state index is -0.0318. The SMILES string of the molecule is COc1ccc(-c2n[nH]c(=S)n2CCC(=O)NCC(c2ccccc2)c2ccccc2)cc1. The van der Waals surface area contributed by atoms with Crippen molar-refractivity contribution in [3.63, 3.8) is 0 Å². The molecule has 0 spiro atoms. The summed E-state index contributed by atoms with van der Waals surface area (Å²) in [5, 5.41) is 10.3. The van der Waals surface area contributed by atoms with Gasteiger partial charge in [0.2, 0.25) is 5.91 Å². The van der Waals surface area contributed by atoms with Crippen molar-refractivity contribution in [3.05, 3.63) is 101 Å². The minimum absolute atomic E-state index is 0.0318. The van der Waals surface area contributed by atoms with Crippen LogP contribution in [0.5, 0.6) is 5.75 Å². The average Bonchev–Trinajstić information content (AvgIpc) is 3.24. The van der Waals surface area contributed by atoms with E-state index in [0.717, 1.165) is 11.3 Å². The molecule has 0 aliphatic heterocycles. The van der Waals surface area contributed by atoms with Crippen LogP contribution in [0.15, 0.2) is 84.9 Å². The van der Waals surface area contributed by atoms with Crippen LogP contribution in [-0.2, 0) is 11.3 Å². The highest BCUT2D eigenvalue weighted by molar-refractivity contribution is 7.71. The van der Waals surface area contributed by atoms with Gasteiger partial charge in [-0.1, -0.05) is 60.7 Å². The van der Waals surface area contributed by atoms with Gasteiger partial charge in [0.1, 0.15) is 5.75 Å². The Morgan fingerprint density at radius 3 is 2.18 bits per heavy atom. The van der Waals surface area contributed by atoms with Gasteiger partial charge in [0, 0.05) is 31.0 Å². The predicted octanol–water partition coefficient (Wildman–Crippen LogP) is 4.95. The lowest BCUT2D eigenvalue weighted by Gasteiger charge is -2.19. The Morgan fingerprint density at radius 1 is 1.00 bits per heavy atom. The van der Waals surface area contributed by atoms with Crippen LogP contribution in [0.4, 0.5) is 0 Å². The van der Waals surface area contributed by atoms with Crippen molar-refractivity contribution >= 4 is 18.1 Å². The maximum atomic E-state index is 12.7. The highest BCUT2D eigenvalue weighted by Gasteiger charge is 2.16. The fourth-order valence-corrected chi connectivity index (χ4v) is 4.03. The lowest BCUT2D eigenvalue weighted by atomic mass is 9.91. The highest BCUT2D eigenvalue weighted by atomic mass is 32.1. The van der Waals surface area contributed by atoms with Crippen LogP contribution in [0.1, 0.15) is 23.5 Å². The summed E-state index contributed by atoms with van der Waals surface area (Å²) < 4.78 is 7.56. The Bertz CT molecular complexity index is 1200. The summed E-state index contributed by atoms with van der Waals surface area (Å²) in [7, 11) is 1.63. The van der Waals surface area contributed by atoms with Crippen molar-refractivity contribution in [2.24, 2.45) is 0 Å². The molecule has 0 saturated carbocycles. The fraction of sp³-hybridized carbons (Fsp3) is 0.192. The zero-order valence-electron chi connectivity index (χ0n) is 18.4. The smallest absolute Gasteiger partial charge is 0.221 e. The molecule has 7 heteroatoms. The molecule has 0 saturated heterocycles. The number of ether oxygens (including phenoxy) is 1. The molecule has 0 aliphatic carbocycles. The normalized spacial score (nSPS) is 10.8. The molecule has 4 aromatic rings. The Hall–Kier alpha value is -3.71.